The van der Waals surface area contributed by atoms with Gasteiger partial charge in [-0.05, 0) is 35.9 Å². The Labute approximate surface area is 105 Å². The number of carbonyl (C=O) groups is 1. The van der Waals surface area contributed by atoms with Crippen molar-refractivity contribution in [1.29, 1.82) is 0 Å². The van der Waals surface area contributed by atoms with Crippen molar-refractivity contribution in [3.63, 3.8) is 0 Å². The summed E-state index contributed by atoms with van der Waals surface area (Å²) in [6.07, 6.45) is 0. The van der Waals surface area contributed by atoms with Gasteiger partial charge in [0, 0.05) is 24.0 Å². The standard InChI is InChI=1S/C14H14N2O2/c1-16-11-6-7-13(15)12(8-11)9-2-4-10(5-3-9)14(17)18/h2-8,16H,15H2,1H3,(H,17,18). The van der Waals surface area contributed by atoms with Gasteiger partial charge in [-0.15, -0.1) is 0 Å². The van der Waals surface area contributed by atoms with Crippen LogP contribution in [0.25, 0.3) is 11.1 Å². The van der Waals surface area contributed by atoms with Crippen LogP contribution in [0.2, 0.25) is 0 Å². The number of hydrogen-bond acceptors (Lipinski definition) is 3. The van der Waals surface area contributed by atoms with Crippen molar-refractivity contribution in [2.75, 3.05) is 18.1 Å². The molecule has 0 aliphatic rings. The Bertz CT molecular complexity index is 577. The molecule has 0 bridgehead atoms. The Balaban J connectivity index is 2.44. The second kappa shape index (κ2) is 4.79. The van der Waals surface area contributed by atoms with Crippen molar-refractivity contribution in [1.82, 2.24) is 0 Å². The van der Waals surface area contributed by atoms with E-state index in [2.05, 4.69) is 5.32 Å². The van der Waals surface area contributed by atoms with Crippen LogP contribution >= 0.6 is 0 Å². The summed E-state index contributed by atoms with van der Waals surface area (Å²) in [5, 5.41) is 11.9. The third-order valence-corrected chi connectivity index (χ3v) is 2.78. The lowest BCUT2D eigenvalue weighted by molar-refractivity contribution is 0.0697. The van der Waals surface area contributed by atoms with Crippen LogP contribution in [-0.4, -0.2) is 18.1 Å². The fourth-order valence-electron chi connectivity index (χ4n) is 1.75. The number of aromatic carboxylic acids is 1. The number of carboxylic acid groups (broad SMARTS) is 1. The zero-order valence-electron chi connectivity index (χ0n) is 9.97. The van der Waals surface area contributed by atoms with Crippen LogP contribution in [0.3, 0.4) is 0 Å². The molecule has 4 heteroatoms. The third kappa shape index (κ3) is 2.27. The van der Waals surface area contributed by atoms with Gasteiger partial charge in [-0.3, -0.25) is 0 Å². The first-order valence-electron chi connectivity index (χ1n) is 5.53. The van der Waals surface area contributed by atoms with E-state index in [4.69, 9.17) is 10.8 Å². The molecule has 0 atom stereocenters. The van der Waals surface area contributed by atoms with Crippen molar-refractivity contribution in [2.24, 2.45) is 0 Å². The van der Waals surface area contributed by atoms with E-state index in [0.717, 1.165) is 16.8 Å². The lowest BCUT2D eigenvalue weighted by Gasteiger charge is -2.09. The van der Waals surface area contributed by atoms with Crippen LogP contribution in [0.4, 0.5) is 11.4 Å². The fraction of sp³-hybridized carbons (Fsp3) is 0.0714. The molecule has 0 radical (unpaired) electrons. The van der Waals surface area contributed by atoms with Gasteiger partial charge >= 0.3 is 5.97 Å². The van der Waals surface area contributed by atoms with Gasteiger partial charge in [0.25, 0.3) is 0 Å². The number of nitrogens with one attached hydrogen (secondary N) is 1. The summed E-state index contributed by atoms with van der Waals surface area (Å²) < 4.78 is 0. The first kappa shape index (κ1) is 12.0. The zero-order valence-corrected chi connectivity index (χ0v) is 9.97. The second-order valence-electron chi connectivity index (χ2n) is 3.93. The van der Waals surface area contributed by atoms with E-state index in [1.807, 2.05) is 25.2 Å². The molecule has 0 saturated heterocycles. The van der Waals surface area contributed by atoms with Crippen LogP contribution in [-0.2, 0) is 0 Å². The molecule has 4 N–H and O–H groups in total. The molecule has 18 heavy (non-hydrogen) atoms. The minimum Gasteiger partial charge on any atom is -0.478 e. The van der Waals surface area contributed by atoms with Gasteiger partial charge in [0.05, 0.1) is 5.56 Å². The van der Waals surface area contributed by atoms with E-state index in [-0.39, 0.29) is 5.56 Å². The molecule has 0 aromatic heterocycles. The number of anilines is 2. The molecule has 0 fully saturated rings. The highest BCUT2D eigenvalue weighted by molar-refractivity contribution is 5.89. The average molecular weight is 242 g/mol. The molecule has 2 rings (SSSR count). The van der Waals surface area contributed by atoms with E-state index < -0.39 is 5.97 Å². The Morgan fingerprint density at radius 2 is 1.83 bits per heavy atom. The van der Waals surface area contributed by atoms with E-state index in [9.17, 15) is 4.79 Å². The lowest BCUT2D eigenvalue weighted by atomic mass is 10.0. The Morgan fingerprint density at radius 1 is 1.17 bits per heavy atom. The van der Waals surface area contributed by atoms with Gasteiger partial charge in [0.15, 0.2) is 0 Å². The van der Waals surface area contributed by atoms with Gasteiger partial charge < -0.3 is 16.2 Å². The number of nitrogens with two attached hydrogens (primary N) is 1. The molecule has 0 spiro atoms. The highest BCUT2D eigenvalue weighted by Crippen LogP contribution is 2.28. The molecule has 4 nitrogen and oxygen atoms in total. The highest BCUT2D eigenvalue weighted by Gasteiger charge is 2.06. The van der Waals surface area contributed by atoms with Crippen molar-refractivity contribution >= 4 is 17.3 Å². The summed E-state index contributed by atoms with van der Waals surface area (Å²) in [5.41, 5.74) is 9.60. The van der Waals surface area contributed by atoms with E-state index in [0.29, 0.717) is 5.69 Å². The molecule has 0 unspecified atom stereocenters. The molecular formula is C14H14N2O2. The largest absolute Gasteiger partial charge is 0.478 e. The lowest BCUT2D eigenvalue weighted by Crippen LogP contribution is -1.96. The number of hydrogen-bond donors (Lipinski definition) is 3. The Kier molecular flexibility index (Phi) is 3.19. The average Bonchev–Trinajstić information content (AvgIpc) is 2.39. The summed E-state index contributed by atoms with van der Waals surface area (Å²) in [6.45, 7) is 0. The smallest absolute Gasteiger partial charge is 0.335 e. The maximum absolute atomic E-state index is 10.8. The monoisotopic (exact) mass is 242 g/mol. The topological polar surface area (TPSA) is 75.3 Å². The third-order valence-electron chi connectivity index (χ3n) is 2.78. The zero-order chi connectivity index (χ0) is 13.1. The SMILES string of the molecule is CNc1ccc(N)c(-c2ccc(C(=O)O)cc2)c1. The molecule has 2 aromatic rings. The normalized spacial score (nSPS) is 10.1. The number of benzene rings is 2. The van der Waals surface area contributed by atoms with Gasteiger partial charge in [-0.2, -0.15) is 0 Å². The van der Waals surface area contributed by atoms with E-state index in [1.54, 1.807) is 24.3 Å². The van der Waals surface area contributed by atoms with Gasteiger partial charge in [0.1, 0.15) is 0 Å². The molecule has 0 aliphatic heterocycles. The van der Waals surface area contributed by atoms with E-state index >= 15 is 0 Å². The first-order chi connectivity index (χ1) is 8.61. The van der Waals surface area contributed by atoms with Crippen molar-refractivity contribution in [3.8, 4) is 11.1 Å². The maximum atomic E-state index is 10.8. The molecule has 92 valence electrons. The van der Waals surface area contributed by atoms with Crippen molar-refractivity contribution in [2.45, 2.75) is 0 Å². The summed E-state index contributed by atoms with van der Waals surface area (Å²) in [6, 6.07) is 12.3. The van der Waals surface area contributed by atoms with Crippen LogP contribution in [0.15, 0.2) is 42.5 Å². The fourth-order valence-corrected chi connectivity index (χ4v) is 1.75. The molecular weight excluding hydrogens is 228 g/mol. The van der Waals surface area contributed by atoms with Crippen LogP contribution in [0, 0.1) is 0 Å². The minimum absolute atomic E-state index is 0.266. The Hall–Kier alpha value is -2.49. The summed E-state index contributed by atoms with van der Waals surface area (Å²) >= 11 is 0. The van der Waals surface area contributed by atoms with Gasteiger partial charge in [-0.25, -0.2) is 4.79 Å². The molecule has 0 saturated carbocycles. The van der Waals surface area contributed by atoms with Crippen LogP contribution < -0.4 is 11.1 Å². The summed E-state index contributed by atoms with van der Waals surface area (Å²) in [5.74, 6) is -0.932. The number of rotatable bonds is 3. The summed E-state index contributed by atoms with van der Waals surface area (Å²) in [4.78, 5) is 10.8. The summed E-state index contributed by atoms with van der Waals surface area (Å²) in [7, 11) is 1.84. The second-order valence-corrected chi connectivity index (χ2v) is 3.93. The van der Waals surface area contributed by atoms with Crippen LogP contribution in [0.1, 0.15) is 10.4 Å². The Morgan fingerprint density at radius 3 is 2.39 bits per heavy atom. The molecule has 0 amide bonds. The predicted octanol–water partition coefficient (Wildman–Crippen LogP) is 2.68. The maximum Gasteiger partial charge on any atom is 0.335 e. The highest BCUT2D eigenvalue weighted by atomic mass is 16.4. The van der Waals surface area contributed by atoms with Crippen molar-refractivity contribution in [3.05, 3.63) is 48.0 Å². The van der Waals surface area contributed by atoms with Crippen LogP contribution in [0.5, 0.6) is 0 Å². The van der Waals surface area contributed by atoms with E-state index in [1.165, 1.54) is 0 Å². The molecule has 0 aliphatic carbocycles. The molecule has 2 aromatic carbocycles. The molecule has 0 heterocycles. The number of nitrogen functional groups attached to an aromatic ring is 1. The van der Waals surface area contributed by atoms with Gasteiger partial charge in [0.2, 0.25) is 0 Å². The predicted molar refractivity (Wildman–Crippen MR) is 72.8 cm³/mol. The quantitative estimate of drug-likeness (QED) is 0.723. The minimum atomic E-state index is -0.932. The first-order valence-corrected chi connectivity index (χ1v) is 5.53. The number of carboxylic acids is 1. The van der Waals surface area contributed by atoms with Crippen molar-refractivity contribution < 1.29 is 9.90 Å². The van der Waals surface area contributed by atoms with Gasteiger partial charge in [-0.1, -0.05) is 12.1 Å².